The fourth-order valence-corrected chi connectivity index (χ4v) is 1.89. The molecule has 0 aromatic carbocycles. The minimum absolute atomic E-state index is 0.332. The van der Waals surface area contributed by atoms with Gasteiger partial charge >= 0.3 is 0 Å². The summed E-state index contributed by atoms with van der Waals surface area (Å²) in [6.07, 6.45) is 3.34. The van der Waals surface area contributed by atoms with Gasteiger partial charge in [0.15, 0.2) is 0 Å². The molecule has 15 heavy (non-hydrogen) atoms. The fourth-order valence-electron chi connectivity index (χ4n) is 1.89. The molecule has 1 N–H and O–H groups in total. The van der Waals surface area contributed by atoms with Crippen LogP contribution in [0.2, 0.25) is 0 Å². The van der Waals surface area contributed by atoms with Crippen molar-refractivity contribution in [1.29, 1.82) is 0 Å². The van der Waals surface area contributed by atoms with Crippen molar-refractivity contribution >= 4 is 5.69 Å². The molecule has 2 heterocycles. The lowest BCUT2D eigenvalue weighted by Gasteiger charge is -2.37. The predicted molar refractivity (Wildman–Crippen MR) is 59.7 cm³/mol. The number of aromatic nitrogens is 1. The van der Waals surface area contributed by atoms with Crippen LogP contribution in [-0.4, -0.2) is 47.4 Å². The first-order valence-electron chi connectivity index (χ1n) is 5.34. The molecule has 0 saturated carbocycles. The van der Waals surface area contributed by atoms with Gasteiger partial charge in [0.1, 0.15) is 6.23 Å². The van der Waals surface area contributed by atoms with Crippen LogP contribution in [-0.2, 0) is 0 Å². The van der Waals surface area contributed by atoms with Crippen LogP contribution in [0.1, 0.15) is 6.92 Å². The molecule has 1 aromatic rings. The third-order valence-electron chi connectivity index (χ3n) is 2.85. The van der Waals surface area contributed by atoms with Gasteiger partial charge in [-0.25, -0.2) is 0 Å². The first kappa shape index (κ1) is 10.4. The molecule has 82 valence electrons. The Morgan fingerprint density at radius 1 is 1.33 bits per heavy atom. The number of nitrogens with zero attached hydrogens (tertiary/aromatic N) is 3. The first-order valence-corrected chi connectivity index (χ1v) is 5.34. The Hall–Kier alpha value is -1.13. The van der Waals surface area contributed by atoms with Crippen molar-refractivity contribution in [2.24, 2.45) is 0 Å². The zero-order valence-corrected chi connectivity index (χ0v) is 9.00. The zero-order valence-electron chi connectivity index (χ0n) is 9.00. The van der Waals surface area contributed by atoms with Gasteiger partial charge in [-0.3, -0.25) is 9.88 Å². The van der Waals surface area contributed by atoms with Crippen LogP contribution in [0, 0.1) is 0 Å². The van der Waals surface area contributed by atoms with Crippen LogP contribution in [0.5, 0.6) is 0 Å². The van der Waals surface area contributed by atoms with Gasteiger partial charge in [0.05, 0.1) is 11.9 Å². The minimum Gasteiger partial charge on any atom is -0.379 e. The van der Waals surface area contributed by atoms with E-state index < -0.39 is 0 Å². The van der Waals surface area contributed by atoms with Crippen LogP contribution >= 0.6 is 0 Å². The number of rotatable bonds is 2. The minimum atomic E-state index is -0.332. The van der Waals surface area contributed by atoms with Crippen molar-refractivity contribution in [2.75, 3.05) is 31.1 Å². The van der Waals surface area contributed by atoms with Crippen LogP contribution in [0.3, 0.4) is 0 Å². The van der Waals surface area contributed by atoms with E-state index in [0.717, 1.165) is 26.2 Å². The van der Waals surface area contributed by atoms with Gasteiger partial charge in [-0.2, -0.15) is 0 Å². The molecule has 0 spiro atoms. The van der Waals surface area contributed by atoms with E-state index in [0.29, 0.717) is 0 Å². The van der Waals surface area contributed by atoms with Crippen molar-refractivity contribution in [3.63, 3.8) is 0 Å². The summed E-state index contributed by atoms with van der Waals surface area (Å²) in [5.74, 6) is 0. The monoisotopic (exact) mass is 207 g/mol. The Morgan fingerprint density at radius 3 is 2.60 bits per heavy atom. The molecule has 0 unspecified atom stereocenters. The van der Waals surface area contributed by atoms with Crippen molar-refractivity contribution in [1.82, 2.24) is 9.88 Å². The lowest BCUT2D eigenvalue weighted by molar-refractivity contribution is 0.0153. The summed E-state index contributed by atoms with van der Waals surface area (Å²) in [4.78, 5) is 8.48. The summed E-state index contributed by atoms with van der Waals surface area (Å²) in [7, 11) is 0. The number of piperazine rings is 1. The van der Waals surface area contributed by atoms with Gasteiger partial charge in [0.2, 0.25) is 0 Å². The molecule has 0 bridgehead atoms. The summed E-state index contributed by atoms with van der Waals surface area (Å²) in [6.45, 7) is 5.55. The maximum Gasteiger partial charge on any atom is 0.104 e. The number of aliphatic hydroxyl groups excluding tert-OH is 1. The number of hydrogen-bond acceptors (Lipinski definition) is 4. The van der Waals surface area contributed by atoms with E-state index in [9.17, 15) is 5.11 Å². The lowest BCUT2D eigenvalue weighted by Crippen LogP contribution is -2.49. The van der Waals surface area contributed by atoms with Crippen molar-refractivity contribution < 1.29 is 5.11 Å². The second kappa shape index (κ2) is 4.59. The highest BCUT2D eigenvalue weighted by Crippen LogP contribution is 2.14. The first-order chi connectivity index (χ1) is 7.27. The third kappa shape index (κ3) is 2.46. The molecule has 1 aromatic heterocycles. The molecule has 4 nitrogen and oxygen atoms in total. The van der Waals surface area contributed by atoms with Gasteiger partial charge in [0, 0.05) is 32.4 Å². The molecule has 0 amide bonds. The van der Waals surface area contributed by atoms with E-state index in [4.69, 9.17) is 0 Å². The third-order valence-corrected chi connectivity index (χ3v) is 2.85. The van der Waals surface area contributed by atoms with E-state index in [-0.39, 0.29) is 6.23 Å². The molecular weight excluding hydrogens is 190 g/mol. The molecular formula is C11H17N3O. The van der Waals surface area contributed by atoms with Gasteiger partial charge in [-0.15, -0.1) is 0 Å². The number of anilines is 1. The maximum absolute atomic E-state index is 9.43. The van der Waals surface area contributed by atoms with E-state index in [1.807, 2.05) is 19.2 Å². The average Bonchev–Trinajstić information content (AvgIpc) is 2.30. The second-order valence-electron chi connectivity index (χ2n) is 3.87. The quantitative estimate of drug-likeness (QED) is 0.768. The molecule has 0 radical (unpaired) electrons. The molecule has 0 aliphatic carbocycles. The Bertz CT molecular complexity index is 294. The number of pyridine rings is 1. The van der Waals surface area contributed by atoms with E-state index >= 15 is 0 Å². The smallest absolute Gasteiger partial charge is 0.104 e. The molecule has 1 saturated heterocycles. The summed E-state index contributed by atoms with van der Waals surface area (Å²) >= 11 is 0. The normalized spacial score (nSPS) is 20.3. The van der Waals surface area contributed by atoms with Gasteiger partial charge in [-0.05, 0) is 19.1 Å². The lowest BCUT2D eigenvalue weighted by atomic mass is 10.2. The van der Waals surface area contributed by atoms with Crippen LogP contribution in [0.15, 0.2) is 24.5 Å². The average molecular weight is 207 g/mol. The van der Waals surface area contributed by atoms with Crippen molar-refractivity contribution in [2.45, 2.75) is 13.2 Å². The molecule has 2 rings (SSSR count). The van der Waals surface area contributed by atoms with Crippen LogP contribution < -0.4 is 4.90 Å². The number of hydrogen-bond donors (Lipinski definition) is 1. The number of aliphatic hydroxyl groups is 1. The maximum atomic E-state index is 9.43. The Labute approximate surface area is 90.1 Å². The summed E-state index contributed by atoms with van der Waals surface area (Å²) in [5, 5.41) is 9.43. The second-order valence-corrected chi connectivity index (χ2v) is 3.87. The van der Waals surface area contributed by atoms with Crippen molar-refractivity contribution in [3.05, 3.63) is 24.5 Å². The summed E-state index contributed by atoms with van der Waals surface area (Å²) < 4.78 is 0. The topological polar surface area (TPSA) is 39.6 Å². The molecule has 1 aliphatic heterocycles. The highest BCUT2D eigenvalue weighted by molar-refractivity contribution is 5.43. The SMILES string of the molecule is C[C@@H](O)N1CCN(c2cccnc2)CC1. The largest absolute Gasteiger partial charge is 0.379 e. The van der Waals surface area contributed by atoms with Crippen molar-refractivity contribution in [3.8, 4) is 0 Å². The molecule has 1 fully saturated rings. The highest BCUT2D eigenvalue weighted by atomic mass is 16.3. The highest BCUT2D eigenvalue weighted by Gasteiger charge is 2.19. The molecule has 1 aliphatic rings. The Balaban J connectivity index is 1.94. The van der Waals surface area contributed by atoms with Gasteiger partial charge < -0.3 is 10.0 Å². The molecule has 1 atom stereocenters. The van der Waals surface area contributed by atoms with Gasteiger partial charge in [0.25, 0.3) is 0 Å². The van der Waals surface area contributed by atoms with Crippen LogP contribution in [0.25, 0.3) is 0 Å². The summed E-state index contributed by atoms with van der Waals surface area (Å²) in [5.41, 5.74) is 1.17. The predicted octanol–water partition coefficient (Wildman–Crippen LogP) is 0.542. The fraction of sp³-hybridized carbons (Fsp3) is 0.545. The van der Waals surface area contributed by atoms with E-state index in [1.165, 1.54) is 5.69 Å². The van der Waals surface area contributed by atoms with Gasteiger partial charge in [-0.1, -0.05) is 0 Å². The van der Waals surface area contributed by atoms with Crippen LogP contribution in [0.4, 0.5) is 5.69 Å². The van der Waals surface area contributed by atoms with E-state index in [2.05, 4.69) is 20.9 Å². The standard InChI is InChI=1S/C11H17N3O/c1-10(15)13-5-7-14(8-6-13)11-3-2-4-12-9-11/h2-4,9-10,15H,5-8H2,1H3/t10-/m1/s1. The van der Waals surface area contributed by atoms with E-state index in [1.54, 1.807) is 6.20 Å². The zero-order chi connectivity index (χ0) is 10.7. The molecule has 4 heteroatoms. The Kier molecular flexibility index (Phi) is 3.18. The Morgan fingerprint density at radius 2 is 2.07 bits per heavy atom. The summed E-state index contributed by atoms with van der Waals surface area (Å²) in [6, 6.07) is 4.03.